The van der Waals surface area contributed by atoms with Gasteiger partial charge < -0.3 is 0 Å². The molecule has 0 aromatic heterocycles. The number of fused-ring (bicyclic) bond motifs is 1. The Balaban J connectivity index is 1.60. The molecule has 31 heavy (non-hydrogen) atoms. The third-order valence-electron chi connectivity index (χ3n) is 5.78. The Morgan fingerprint density at radius 2 is 1.52 bits per heavy atom. The van der Waals surface area contributed by atoms with Crippen LogP contribution in [0.4, 0.5) is 11.4 Å². The fourth-order valence-corrected chi connectivity index (χ4v) is 4.99. The van der Waals surface area contributed by atoms with Crippen LogP contribution >= 0.6 is 15.9 Å². The number of carbonyl (C=O) groups excluding carboxylic acids is 2. The van der Waals surface area contributed by atoms with E-state index in [1.165, 1.54) is 4.90 Å². The lowest BCUT2D eigenvalue weighted by atomic mass is 9.90. The minimum absolute atomic E-state index is 0.233. The van der Waals surface area contributed by atoms with Crippen LogP contribution < -0.4 is 9.96 Å². The molecule has 0 unspecified atom stereocenters. The standard InChI is InChI=1S/C25H21BrN2O3/c1-15-11-16(2)13-20(12-15)27-24(29)21-22(17-7-6-8-18(26)14-17)28(31-23(21)25(27)30)19-9-4-3-5-10-19/h3-14,21-23H,1-2H3/t21-,22+,23-/m0/s1. The summed E-state index contributed by atoms with van der Waals surface area (Å²) in [6.45, 7) is 3.92. The molecule has 156 valence electrons. The van der Waals surface area contributed by atoms with Gasteiger partial charge in [0, 0.05) is 4.47 Å². The maximum atomic E-state index is 13.7. The zero-order valence-electron chi connectivity index (χ0n) is 17.2. The smallest absolute Gasteiger partial charge is 0.266 e. The number of rotatable bonds is 3. The summed E-state index contributed by atoms with van der Waals surface area (Å²) >= 11 is 3.53. The third kappa shape index (κ3) is 3.36. The number of hydrogen-bond acceptors (Lipinski definition) is 4. The first-order valence-electron chi connectivity index (χ1n) is 10.2. The van der Waals surface area contributed by atoms with Gasteiger partial charge in [-0.25, -0.2) is 9.96 Å². The summed E-state index contributed by atoms with van der Waals surface area (Å²) < 4.78 is 0.907. The van der Waals surface area contributed by atoms with Gasteiger partial charge in [0.15, 0.2) is 6.10 Å². The molecular formula is C25H21BrN2O3. The van der Waals surface area contributed by atoms with E-state index >= 15 is 0 Å². The number of carbonyl (C=O) groups is 2. The Labute approximate surface area is 189 Å². The molecule has 0 aliphatic carbocycles. The molecule has 0 bridgehead atoms. The lowest BCUT2D eigenvalue weighted by Crippen LogP contribution is -2.37. The first-order chi connectivity index (χ1) is 14.9. The highest BCUT2D eigenvalue weighted by Crippen LogP contribution is 2.47. The van der Waals surface area contributed by atoms with Crippen molar-refractivity contribution in [3.63, 3.8) is 0 Å². The van der Waals surface area contributed by atoms with Crippen LogP contribution in [0.3, 0.4) is 0 Å². The molecule has 5 rings (SSSR count). The zero-order valence-corrected chi connectivity index (χ0v) is 18.7. The lowest BCUT2D eigenvalue weighted by molar-refractivity contribution is -0.126. The second kappa shape index (κ2) is 7.62. The van der Waals surface area contributed by atoms with Crippen LogP contribution in [0.5, 0.6) is 0 Å². The highest BCUT2D eigenvalue weighted by molar-refractivity contribution is 9.10. The number of anilines is 2. The van der Waals surface area contributed by atoms with E-state index in [4.69, 9.17) is 4.84 Å². The molecule has 0 saturated carbocycles. The Kier molecular flexibility index (Phi) is 4.91. The number of halogens is 1. The normalized spacial score (nSPS) is 22.9. The van der Waals surface area contributed by atoms with Crippen LogP contribution in [-0.4, -0.2) is 17.9 Å². The molecule has 2 heterocycles. The molecule has 3 aromatic carbocycles. The van der Waals surface area contributed by atoms with E-state index in [0.29, 0.717) is 5.69 Å². The fraction of sp³-hybridized carbons (Fsp3) is 0.200. The Morgan fingerprint density at radius 3 is 2.19 bits per heavy atom. The van der Waals surface area contributed by atoms with Crippen molar-refractivity contribution in [1.29, 1.82) is 0 Å². The maximum absolute atomic E-state index is 13.7. The van der Waals surface area contributed by atoms with Crippen molar-refractivity contribution >= 4 is 39.1 Å². The first kappa shape index (κ1) is 20.0. The number of aryl methyl sites for hydroxylation is 2. The molecule has 0 radical (unpaired) electrons. The quantitative estimate of drug-likeness (QED) is 0.492. The summed E-state index contributed by atoms with van der Waals surface area (Å²) in [7, 11) is 0. The van der Waals surface area contributed by atoms with Crippen LogP contribution in [0.25, 0.3) is 0 Å². The Morgan fingerprint density at radius 1 is 0.806 bits per heavy atom. The monoisotopic (exact) mass is 476 g/mol. The van der Waals surface area contributed by atoms with E-state index < -0.39 is 18.1 Å². The molecule has 5 nitrogen and oxygen atoms in total. The Hall–Kier alpha value is -2.96. The summed E-state index contributed by atoms with van der Waals surface area (Å²) in [5.41, 5.74) is 4.32. The minimum Gasteiger partial charge on any atom is -0.273 e. The van der Waals surface area contributed by atoms with Crippen molar-refractivity contribution in [2.45, 2.75) is 26.0 Å². The van der Waals surface area contributed by atoms with Crippen molar-refractivity contribution in [2.24, 2.45) is 5.92 Å². The number of hydroxylamine groups is 1. The number of amides is 2. The molecule has 3 aromatic rings. The van der Waals surface area contributed by atoms with Crippen molar-refractivity contribution in [3.8, 4) is 0 Å². The van der Waals surface area contributed by atoms with Crippen LogP contribution in [0.2, 0.25) is 0 Å². The highest BCUT2D eigenvalue weighted by Gasteiger charge is 2.60. The van der Waals surface area contributed by atoms with Gasteiger partial charge in [-0.1, -0.05) is 52.3 Å². The van der Waals surface area contributed by atoms with Crippen LogP contribution in [-0.2, 0) is 14.4 Å². The molecule has 6 heteroatoms. The number of hydrogen-bond donors (Lipinski definition) is 0. The Bertz CT molecular complexity index is 1160. The van der Waals surface area contributed by atoms with E-state index in [-0.39, 0.29) is 11.8 Å². The van der Waals surface area contributed by atoms with Gasteiger partial charge >= 0.3 is 0 Å². The van der Waals surface area contributed by atoms with Crippen LogP contribution in [0.1, 0.15) is 22.7 Å². The molecule has 2 saturated heterocycles. The van der Waals surface area contributed by atoms with E-state index in [9.17, 15) is 9.59 Å². The molecule has 0 N–H and O–H groups in total. The third-order valence-corrected chi connectivity index (χ3v) is 6.27. The van der Waals surface area contributed by atoms with E-state index in [1.54, 1.807) is 5.06 Å². The second-order valence-corrected chi connectivity index (χ2v) is 8.99. The van der Waals surface area contributed by atoms with Gasteiger partial charge in [0.25, 0.3) is 5.91 Å². The molecule has 2 aliphatic rings. The number of benzene rings is 3. The fourth-order valence-electron chi connectivity index (χ4n) is 4.58. The van der Waals surface area contributed by atoms with Crippen molar-refractivity contribution < 1.29 is 14.4 Å². The average molecular weight is 477 g/mol. The SMILES string of the molecule is Cc1cc(C)cc(N2C(=O)[C@@H]3[C@H](ON(c4ccccc4)[C@@H]3c3cccc(Br)c3)C2=O)c1. The maximum Gasteiger partial charge on any atom is 0.266 e. The van der Waals surface area contributed by atoms with E-state index in [1.807, 2.05) is 86.6 Å². The van der Waals surface area contributed by atoms with Crippen LogP contribution in [0, 0.1) is 19.8 Å². The summed E-state index contributed by atoms with van der Waals surface area (Å²) in [4.78, 5) is 34.5. The van der Waals surface area contributed by atoms with Crippen LogP contribution in [0.15, 0.2) is 77.3 Å². The minimum atomic E-state index is -0.863. The predicted octanol–water partition coefficient (Wildman–Crippen LogP) is 5.12. The van der Waals surface area contributed by atoms with E-state index in [0.717, 1.165) is 26.9 Å². The summed E-state index contributed by atoms with van der Waals surface area (Å²) in [5.74, 6) is -1.19. The number of imide groups is 1. The summed E-state index contributed by atoms with van der Waals surface area (Å²) in [6, 6.07) is 22.7. The van der Waals surface area contributed by atoms with Crippen molar-refractivity contribution in [2.75, 3.05) is 9.96 Å². The van der Waals surface area contributed by atoms with Gasteiger partial charge in [0.1, 0.15) is 5.92 Å². The van der Waals surface area contributed by atoms with E-state index in [2.05, 4.69) is 15.9 Å². The van der Waals surface area contributed by atoms with Gasteiger partial charge in [-0.3, -0.25) is 14.4 Å². The molecule has 2 fully saturated rings. The topological polar surface area (TPSA) is 49.9 Å². The average Bonchev–Trinajstić information content (AvgIpc) is 3.24. The molecule has 2 aliphatic heterocycles. The summed E-state index contributed by atoms with van der Waals surface area (Å²) in [5, 5.41) is 1.71. The number of para-hydroxylation sites is 1. The van der Waals surface area contributed by atoms with Gasteiger partial charge in [-0.15, -0.1) is 0 Å². The molecule has 2 amide bonds. The molecule has 0 spiro atoms. The van der Waals surface area contributed by atoms with Crippen molar-refractivity contribution in [3.05, 3.63) is 94.0 Å². The first-order valence-corrected chi connectivity index (χ1v) is 11.0. The highest BCUT2D eigenvalue weighted by atomic mass is 79.9. The molecule has 3 atom stereocenters. The number of nitrogens with zero attached hydrogens (tertiary/aromatic N) is 2. The summed E-state index contributed by atoms with van der Waals surface area (Å²) in [6.07, 6.45) is -0.863. The van der Waals surface area contributed by atoms with Gasteiger partial charge in [0.2, 0.25) is 5.91 Å². The zero-order chi connectivity index (χ0) is 21.7. The largest absolute Gasteiger partial charge is 0.273 e. The molecular weight excluding hydrogens is 456 g/mol. The van der Waals surface area contributed by atoms with Gasteiger partial charge in [0.05, 0.1) is 17.4 Å². The predicted molar refractivity (Wildman–Crippen MR) is 123 cm³/mol. The van der Waals surface area contributed by atoms with Crippen molar-refractivity contribution in [1.82, 2.24) is 0 Å². The second-order valence-electron chi connectivity index (χ2n) is 8.07. The van der Waals surface area contributed by atoms with Gasteiger partial charge in [-0.2, -0.15) is 0 Å². The van der Waals surface area contributed by atoms with Gasteiger partial charge in [-0.05, 0) is 66.9 Å². The lowest BCUT2D eigenvalue weighted by Gasteiger charge is -2.29.